The molecule has 0 aliphatic heterocycles. The van der Waals surface area contributed by atoms with Crippen LogP contribution in [0.25, 0.3) is 0 Å². The van der Waals surface area contributed by atoms with Crippen molar-refractivity contribution >= 4 is 35.8 Å². The lowest BCUT2D eigenvalue weighted by molar-refractivity contribution is -0.213. The lowest BCUT2D eigenvalue weighted by Gasteiger charge is -2.62. The molecule has 17 aliphatic carbocycles. The Morgan fingerprint density at radius 1 is 0.295 bits per heavy atom. The molecule has 0 radical (unpaired) electrons. The molecule has 0 amide bonds. The van der Waals surface area contributed by atoms with E-state index < -0.39 is 0 Å². The van der Waals surface area contributed by atoms with E-state index in [1.54, 1.807) is 0 Å². The number of hydrogen-bond donors (Lipinski definition) is 0. The smallest absolute Gasteiger partial charge is 0.312 e. The van der Waals surface area contributed by atoms with E-state index in [1.165, 1.54) is 193 Å². The van der Waals surface area contributed by atoms with Gasteiger partial charge in [-0.15, -0.1) is 0 Å². The van der Waals surface area contributed by atoms with Crippen molar-refractivity contribution in [3.8, 4) is 0 Å². The van der Waals surface area contributed by atoms with Crippen LogP contribution in [0.3, 0.4) is 0 Å². The average molecular weight is 1830 g/mol. The van der Waals surface area contributed by atoms with Gasteiger partial charge in [0.05, 0.1) is 32.5 Å². The number of esters is 6. The normalized spacial score (nSPS) is 34.7. The summed E-state index contributed by atoms with van der Waals surface area (Å²) in [5.74, 6) is 13.1. The van der Waals surface area contributed by atoms with Gasteiger partial charge in [-0.1, -0.05) is 195 Å². The highest BCUT2D eigenvalue weighted by Gasteiger charge is 2.67. The maximum atomic E-state index is 12.9. The third kappa shape index (κ3) is 28.3. The van der Waals surface area contributed by atoms with Gasteiger partial charge in [0.25, 0.3) is 0 Å². The van der Waals surface area contributed by atoms with Crippen LogP contribution in [0.1, 0.15) is 545 Å². The monoisotopic (exact) mass is 1830 g/mol. The Morgan fingerprint density at radius 2 is 0.682 bits per heavy atom. The van der Waals surface area contributed by atoms with Crippen molar-refractivity contribution in [2.45, 2.75) is 579 Å². The lowest BCUT2D eigenvalue weighted by Crippen LogP contribution is -2.59. The summed E-state index contributed by atoms with van der Waals surface area (Å²) in [7, 11) is 0. The molecule has 129 heavy (non-hydrogen) atoms. The zero-order valence-corrected chi connectivity index (χ0v) is 80.5. The number of carbonyl (C=O) groups is 6. The molecule has 0 spiro atoms. The van der Waals surface area contributed by atoms with Crippen molar-refractivity contribution in [3.63, 3.8) is 0 Å². The molecule has 0 aromatic carbocycles. The van der Waals surface area contributed by atoms with Gasteiger partial charge in [0.15, 0.2) is 0 Å². The second kappa shape index (κ2) is 49.9. The topological polar surface area (TPSA) is 158 Å². The van der Waals surface area contributed by atoms with E-state index in [1.807, 2.05) is 90.0 Å². The summed E-state index contributed by atoms with van der Waals surface area (Å²) in [5.41, 5.74) is -2.83. The van der Waals surface area contributed by atoms with Crippen LogP contribution in [0.2, 0.25) is 0 Å². The maximum absolute atomic E-state index is 12.9. The van der Waals surface area contributed by atoms with Crippen LogP contribution < -0.4 is 0 Å². The van der Waals surface area contributed by atoms with Gasteiger partial charge < -0.3 is 28.4 Å². The molecule has 17 saturated carbocycles. The minimum absolute atomic E-state index is 0. The summed E-state index contributed by atoms with van der Waals surface area (Å²) in [6.07, 6.45) is 52.8. The number of rotatable bonds is 23. The van der Waals surface area contributed by atoms with Crippen LogP contribution in [0.15, 0.2) is 0 Å². The fourth-order valence-electron chi connectivity index (χ4n) is 27.3. The Balaban J connectivity index is -0.00000145. The van der Waals surface area contributed by atoms with Gasteiger partial charge >= 0.3 is 35.8 Å². The van der Waals surface area contributed by atoms with Crippen molar-refractivity contribution in [1.82, 2.24) is 0 Å². The van der Waals surface area contributed by atoms with Crippen LogP contribution in [0.5, 0.6) is 0 Å². The van der Waals surface area contributed by atoms with Crippen LogP contribution in [0.4, 0.5) is 0 Å². The quantitative estimate of drug-likeness (QED) is 0.0705. The van der Waals surface area contributed by atoms with Gasteiger partial charge in [0, 0.05) is 22.7 Å². The Bertz CT molecular complexity index is 3310. The summed E-state index contributed by atoms with van der Waals surface area (Å²) >= 11 is 0. The summed E-state index contributed by atoms with van der Waals surface area (Å²) < 4.78 is 36.5. The van der Waals surface area contributed by atoms with Crippen LogP contribution in [0, 0.1) is 138 Å². The standard InChI is InChI=1S/C22H38O2.C18H30O2.C17H28O2.2C17H30O2.C14H24O2.12CH4/c1-6-8-9-21(5,24-19(23)20(3,4)7-2)22-13-16-10-17(14-22)12-18(11-16)15-22;1-6-16(2,3)15(19)20-17(4,5)18-10-12-7-13(11-18)9-14(18)8-12;1-5-16(2,3)15(18)19-17(4)10-11-9-14(17)13-8-6-7-12(11)13;1-5-16(2,3)15(18)19-17(4)12-8-10-13-9-6-7-11-14(13)17;1-5-16(2,3)15(18)19-17(4)11-10-13-8-6-7-9-14(13)12-17;1-5-13(2,3)12(15)16-14(4)9-10-6-7-11(14)8-10;;;;;;;;;;;;/h16-18H,6-15H2,1-5H3;12-14H,6-11H2,1-5H3;11-14H,5-10H2,1-4H3;2*13-14H,5-12H2,1-4H3;10-11H,5-9H2,1-4H3;12*1H4. The van der Waals surface area contributed by atoms with Crippen molar-refractivity contribution in [2.75, 3.05) is 0 Å². The van der Waals surface area contributed by atoms with E-state index in [-0.39, 0.29) is 202 Å². The third-order valence-corrected chi connectivity index (χ3v) is 37.6. The predicted octanol–water partition coefficient (Wildman–Crippen LogP) is 35.5. The van der Waals surface area contributed by atoms with Gasteiger partial charge in [-0.3, -0.25) is 28.8 Å². The Hall–Kier alpha value is -3.18. The molecule has 768 valence electrons. The fraction of sp³-hybridized carbons (Fsp3) is 0.949. The van der Waals surface area contributed by atoms with Crippen LogP contribution >= 0.6 is 0 Å². The van der Waals surface area contributed by atoms with Gasteiger partial charge in [-0.05, 0) is 433 Å². The summed E-state index contributed by atoms with van der Waals surface area (Å²) in [6.45, 7) is 54.0. The zero-order chi connectivity index (χ0) is 86.3. The first-order valence-electron chi connectivity index (χ1n) is 49.8. The Morgan fingerprint density at radius 3 is 1.12 bits per heavy atom. The molecule has 12 bridgehead atoms. The Labute approximate surface area is 805 Å². The molecule has 17 aliphatic rings. The van der Waals surface area contributed by atoms with E-state index in [0.717, 1.165) is 160 Å². The van der Waals surface area contributed by atoms with Gasteiger partial charge in [-0.2, -0.15) is 0 Å². The van der Waals surface area contributed by atoms with Crippen molar-refractivity contribution in [1.29, 1.82) is 0 Å². The van der Waals surface area contributed by atoms with E-state index in [9.17, 15) is 28.8 Å². The van der Waals surface area contributed by atoms with Crippen molar-refractivity contribution < 1.29 is 57.2 Å². The lowest BCUT2D eigenvalue weighted by atomic mass is 9.45. The summed E-state index contributed by atoms with van der Waals surface area (Å²) in [5, 5.41) is 0. The van der Waals surface area contributed by atoms with Gasteiger partial charge in [0.1, 0.15) is 33.6 Å². The summed E-state index contributed by atoms with van der Waals surface area (Å²) in [4.78, 5) is 74.7. The third-order valence-electron chi connectivity index (χ3n) is 37.6. The number of hydrogen-bond acceptors (Lipinski definition) is 12. The molecule has 17 rings (SSSR count). The largest absolute Gasteiger partial charge is 0.459 e. The van der Waals surface area contributed by atoms with E-state index in [2.05, 4.69) is 90.0 Å². The minimum Gasteiger partial charge on any atom is -0.459 e. The zero-order valence-electron chi connectivity index (χ0n) is 80.5. The molecule has 0 heterocycles. The number of carbonyl (C=O) groups excluding carboxylic acids is 6. The molecule has 12 heteroatoms. The number of ether oxygens (including phenoxy) is 6. The Kier molecular flexibility index (Phi) is 50.3. The van der Waals surface area contributed by atoms with E-state index in [0.29, 0.717) is 17.8 Å². The molecular weight excluding hydrogens is 1600 g/mol. The second-order valence-corrected chi connectivity index (χ2v) is 48.6. The number of unbranched alkanes of at least 4 members (excludes halogenated alkanes) is 1. The van der Waals surface area contributed by atoms with Crippen LogP contribution in [-0.2, 0) is 57.2 Å². The SMILES string of the molecule is C.C.C.C.C.C.C.C.C.C.C.C.CCC(C)(C)C(=O)OC(C)(C)C12CC3CC(CC1C3)C2.CCC(C)(C)C(=O)OC1(C)CC2CC1C1CCCC21.CCC(C)(C)C(=O)OC1(C)CC2CCC1C2.CCC(C)(C)C(=O)OC1(C)CCC2CCCCC2C1.CCC(C)(C)C(=O)OC1(C)CCCC2CCCCC21.CCCCC(C)(OC(=O)C(C)(C)CC)C12CC3CC(CC(C3)C1)C2. The van der Waals surface area contributed by atoms with Gasteiger partial charge in [-0.25, -0.2) is 0 Å². The molecule has 17 fully saturated rings. The first-order valence-corrected chi connectivity index (χ1v) is 49.8. The molecule has 12 nitrogen and oxygen atoms in total. The van der Waals surface area contributed by atoms with E-state index in [4.69, 9.17) is 28.4 Å². The first-order chi connectivity index (χ1) is 54.4. The minimum atomic E-state index is -0.365. The highest BCUT2D eigenvalue weighted by Crippen LogP contribution is 2.71. The molecule has 0 saturated heterocycles. The van der Waals surface area contributed by atoms with Crippen LogP contribution in [-0.4, -0.2) is 69.4 Å². The van der Waals surface area contributed by atoms with Crippen molar-refractivity contribution in [3.05, 3.63) is 0 Å². The van der Waals surface area contributed by atoms with Crippen molar-refractivity contribution in [2.24, 2.45) is 138 Å². The molecular formula is C117H228O12. The molecule has 17 atom stereocenters. The second-order valence-electron chi connectivity index (χ2n) is 48.6. The fourth-order valence-corrected chi connectivity index (χ4v) is 27.3. The highest BCUT2D eigenvalue weighted by molar-refractivity contribution is 5.79. The maximum Gasteiger partial charge on any atom is 0.312 e. The average Bonchev–Trinajstić information content (AvgIpc) is 1.70. The molecule has 0 aromatic rings. The van der Waals surface area contributed by atoms with E-state index >= 15 is 0 Å². The molecule has 17 unspecified atom stereocenters. The predicted molar refractivity (Wildman–Crippen MR) is 555 cm³/mol. The molecule has 0 N–H and O–H groups in total. The first kappa shape index (κ1) is 130. The summed E-state index contributed by atoms with van der Waals surface area (Å²) in [6, 6.07) is 0. The van der Waals surface area contributed by atoms with Gasteiger partial charge in [0.2, 0.25) is 0 Å². The molecule has 0 aromatic heterocycles. The number of fused-ring (bicyclic) bond motifs is 9. The highest BCUT2D eigenvalue weighted by atomic mass is 16.6.